The molecule has 0 unspecified atom stereocenters. The molecule has 0 aliphatic carbocycles. The number of Topliss-reactive ketones (excluding diaryl/α,β-unsaturated/α-hetero) is 1. The number of carbonyl (C=O) groups is 3. The molecule has 3 atom stereocenters. The Balaban J connectivity index is 1.92. The fourth-order valence-corrected chi connectivity index (χ4v) is 4.32. The molecule has 2 aromatic carbocycles. The van der Waals surface area contributed by atoms with Crippen molar-refractivity contribution in [2.24, 2.45) is 5.92 Å². The maximum absolute atomic E-state index is 13.6. The van der Waals surface area contributed by atoms with Crippen molar-refractivity contribution >= 4 is 40.8 Å². The molecule has 0 bridgehead atoms. The zero-order valence-corrected chi connectivity index (χ0v) is 22.9. The molecule has 3 aromatic rings. The van der Waals surface area contributed by atoms with Crippen LogP contribution in [0.15, 0.2) is 73.1 Å². The van der Waals surface area contributed by atoms with Crippen molar-refractivity contribution in [1.82, 2.24) is 15.6 Å². The molecule has 12 heteroatoms. The summed E-state index contributed by atoms with van der Waals surface area (Å²) < 4.78 is 45.5. The lowest BCUT2D eigenvalue weighted by molar-refractivity contribution is -0.175. The highest BCUT2D eigenvalue weighted by atomic mass is 35.5. The van der Waals surface area contributed by atoms with Crippen LogP contribution >= 0.6 is 23.2 Å². The summed E-state index contributed by atoms with van der Waals surface area (Å²) in [6.45, 7) is 2.75. The summed E-state index contributed by atoms with van der Waals surface area (Å²) in [5.41, 5.74) is 0.911. The van der Waals surface area contributed by atoms with Crippen molar-refractivity contribution in [2.75, 3.05) is 0 Å². The van der Waals surface area contributed by atoms with Crippen LogP contribution in [-0.2, 0) is 20.8 Å². The molecule has 0 spiro atoms. The van der Waals surface area contributed by atoms with Gasteiger partial charge in [-0.25, -0.2) is 0 Å². The number of amides is 2. The molecule has 40 heavy (non-hydrogen) atoms. The third kappa shape index (κ3) is 8.69. The van der Waals surface area contributed by atoms with Gasteiger partial charge < -0.3 is 15.4 Å². The first-order chi connectivity index (χ1) is 18.8. The Morgan fingerprint density at radius 1 is 0.925 bits per heavy atom. The highest BCUT2D eigenvalue weighted by molar-refractivity contribution is 6.34. The summed E-state index contributed by atoms with van der Waals surface area (Å²) in [6.07, 6.45) is -3.27. The van der Waals surface area contributed by atoms with Crippen LogP contribution in [0.4, 0.5) is 13.2 Å². The molecule has 3 rings (SSSR count). The van der Waals surface area contributed by atoms with Gasteiger partial charge in [-0.15, -0.1) is 0 Å². The number of hydrogen-bond donors (Lipinski definition) is 2. The summed E-state index contributed by atoms with van der Waals surface area (Å²) in [4.78, 5) is 43.0. The van der Waals surface area contributed by atoms with Crippen molar-refractivity contribution in [3.05, 3.63) is 94.2 Å². The summed E-state index contributed by atoms with van der Waals surface area (Å²) in [5, 5.41) is 5.27. The molecular formula is C28H26Cl2F3N3O4. The first kappa shape index (κ1) is 30.9. The van der Waals surface area contributed by atoms with E-state index in [1.165, 1.54) is 50.4 Å². The van der Waals surface area contributed by atoms with Crippen LogP contribution in [0.1, 0.15) is 31.0 Å². The molecule has 1 aromatic heterocycles. The van der Waals surface area contributed by atoms with Crippen molar-refractivity contribution < 1.29 is 32.3 Å². The third-order valence-electron chi connectivity index (χ3n) is 5.76. The number of halogens is 5. The van der Waals surface area contributed by atoms with E-state index in [4.69, 9.17) is 27.9 Å². The van der Waals surface area contributed by atoms with Gasteiger partial charge in [0.25, 0.3) is 11.7 Å². The number of carbonyl (C=O) groups excluding carboxylic acids is 3. The second-order valence-corrected chi connectivity index (χ2v) is 10.1. The van der Waals surface area contributed by atoms with Crippen LogP contribution < -0.4 is 15.4 Å². The van der Waals surface area contributed by atoms with Crippen molar-refractivity contribution in [3.63, 3.8) is 0 Å². The van der Waals surface area contributed by atoms with E-state index in [0.29, 0.717) is 5.56 Å². The Morgan fingerprint density at radius 3 is 2.12 bits per heavy atom. The van der Waals surface area contributed by atoms with Crippen LogP contribution in [0.3, 0.4) is 0 Å². The molecule has 0 saturated carbocycles. The fourth-order valence-electron chi connectivity index (χ4n) is 3.81. The molecule has 0 saturated heterocycles. The average molecular weight is 596 g/mol. The minimum Gasteiger partial charge on any atom is -0.480 e. The Bertz CT molecular complexity index is 1310. The number of rotatable bonds is 11. The van der Waals surface area contributed by atoms with E-state index in [1.54, 1.807) is 36.5 Å². The Labute approximate surface area is 239 Å². The summed E-state index contributed by atoms with van der Waals surface area (Å²) >= 11 is 12.2. The zero-order valence-electron chi connectivity index (χ0n) is 21.4. The van der Waals surface area contributed by atoms with Gasteiger partial charge >= 0.3 is 6.18 Å². The standard InChI is InChI=1S/C28H26Cl2F3N3O4/c1-16(2)23(25(37)28(31,32)33)35-27(39)24(18-8-4-3-5-9-18)36-26(38)22(11-17-7-6-10-34-15-17)40-21-13-19(29)12-20(30)14-21/h3-10,12-16,22-24H,11H2,1-2H3,(H,35,39)(H,36,38)/t22-,23+,24+/m1/s1. The monoisotopic (exact) mass is 595 g/mol. The minimum absolute atomic E-state index is 0.0219. The quantitative estimate of drug-likeness (QED) is 0.305. The van der Waals surface area contributed by atoms with E-state index in [9.17, 15) is 27.6 Å². The Hall–Kier alpha value is -3.63. The fraction of sp³-hybridized carbons (Fsp3) is 0.286. The third-order valence-corrected chi connectivity index (χ3v) is 6.20. The lowest BCUT2D eigenvalue weighted by Crippen LogP contribution is -2.53. The number of nitrogens with one attached hydrogen (secondary N) is 2. The van der Waals surface area contributed by atoms with Gasteiger partial charge in [-0.1, -0.05) is 73.4 Å². The number of ether oxygens (including phenoxy) is 1. The smallest absolute Gasteiger partial charge is 0.452 e. The molecule has 2 N–H and O–H groups in total. The van der Waals surface area contributed by atoms with Crippen LogP contribution in [0.25, 0.3) is 0 Å². The topological polar surface area (TPSA) is 97.4 Å². The van der Waals surface area contributed by atoms with Crippen LogP contribution in [0, 0.1) is 5.92 Å². The summed E-state index contributed by atoms with van der Waals surface area (Å²) in [7, 11) is 0. The molecule has 0 radical (unpaired) electrons. The van der Waals surface area contributed by atoms with Gasteiger partial charge in [-0.05, 0) is 41.3 Å². The lowest BCUT2D eigenvalue weighted by atomic mass is 9.97. The summed E-state index contributed by atoms with van der Waals surface area (Å²) in [6, 6.07) is 12.4. The minimum atomic E-state index is -5.16. The molecule has 7 nitrogen and oxygen atoms in total. The van der Waals surface area contributed by atoms with Crippen LogP contribution in [0.2, 0.25) is 10.0 Å². The van der Waals surface area contributed by atoms with E-state index < -0.39 is 47.9 Å². The van der Waals surface area contributed by atoms with E-state index in [2.05, 4.69) is 15.6 Å². The zero-order chi connectivity index (χ0) is 29.4. The number of benzene rings is 2. The Morgan fingerprint density at radius 2 is 1.57 bits per heavy atom. The second-order valence-electron chi connectivity index (χ2n) is 9.22. The average Bonchev–Trinajstić information content (AvgIpc) is 2.89. The molecule has 1 heterocycles. The molecule has 0 aliphatic rings. The predicted molar refractivity (Wildman–Crippen MR) is 144 cm³/mol. The number of alkyl halides is 3. The van der Waals surface area contributed by atoms with Gasteiger partial charge in [0, 0.05) is 28.9 Å². The molecule has 212 valence electrons. The molecule has 0 fully saturated rings. The van der Waals surface area contributed by atoms with Crippen LogP contribution in [0.5, 0.6) is 5.75 Å². The maximum Gasteiger partial charge on any atom is 0.452 e. The molecular weight excluding hydrogens is 570 g/mol. The van der Waals surface area contributed by atoms with Crippen LogP contribution in [-0.4, -0.2) is 40.9 Å². The van der Waals surface area contributed by atoms with Gasteiger partial charge in [0.1, 0.15) is 11.8 Å². The molecule has 2 amide bonds. The second kappa shape index (κ2) is 13.6. The first-order valence-corrected chi connectivity index (χ1v) is 12.9. The number of aromatic nitrogens is 1. The SMILES string of the molecule is CC(C)[C@H](NC(=O)[C@@H](NC(=O)[C@@H](Cc1cccnc1)Oc1cc(Cl)cc(Cl)c1)c1ccccc1)C(=O)C(F)(F)F. The van der Waals surface area contributed by atoms with E-state index in [-0.39, 0.29) is 27.8 Å². The highest BCUT2D eigenvalue weighted by Gasteiger charge is 2.45. The lowest BCUT2D eigenvalue weighted by Gasteiger charge is -2.27. The van der Waals surface area contributed by atoms with Crippen molar-refractivity contribution in [1.29, 1.82) is 0 Å². The van der Waals surface area contributed by atoms with Gasteiger partial charge in [0.05, 0.1) is 6.04 Å². The van der Waals surface area contributed by atoms with Gasteiger partial charge in [0.2, 0.25) is 5.91 Å². The number of hydrogen-bond acceptors (Lipinski definition) is 5. The van der Waals surface area contributed by atoms with Gasteiger partial charge in [0.15, 0.2) is 6.10 Å². The number of nitrogens with zero attached hydrogens (tertiary/aromatic N) is 1. The highest BCUT2D eigenvalue weighted by Crippen LogP contribution is 2.26. The van der Waals surface area contributed by atoms with E-state index in [1.807, 2.05) is 0 Å². The largest absolute Gasteiger partial charge is 0.480 e. The van der Waals surface area contributed by atoms with Crippen molar-refractivity contribution in [3.8, 4) is 5.75 Å². The number of pyridine rings is 1. The Kier molecular flexibility index (Phi) is 10.5. The summed E-state index contributed by atoms with van der Waals surface area (Å²) in [5.74, 6) is -4.55. The number of ketones is 1. The van der Waals surface area contributed by atoms with E-state index in [0.717, 1.165) is 0 Å². The van der Waals surface area contributed by atoms with Gasteiger partial charge in [-0.2, -0.15) is 13.2 Å². The first-order valence-electron chi connectivity index (χ1n) is 12.1. The maximum atomic E-state index is 13.6. The van der Waals surface area contributed by atoms with Crippen molar-refractivity contribution in [2.45, 2.75) is 44.6 Å². The van der Waals surface area contributed by atoms with E-state index >= 15 is 0 Å². The normalized spacial score (nSPS) is 13.7. The predicted octanol–water partition coefficient (Wildman–Crippen LogP) is 5.51. The molecule has 0 aliphatic heterocycles. The van der Waals surface area contributed by atoms with Gasteiger partial charge in [-0.3, -0.25) is 19.4 Å².